The SMILES string of the molecule is CC(C)CC(=O)N[C@H](C(=O)N1CCCC1C(=O)Nc1ccc2[nH]c(-c3ccc(NC(=O)[C@@H]4CCCN4C(=O)[C@H](NC(=O)CC(C)C)c4ccccc4)cc3)cc2c1)c1ccccc1. The van der Waals surface area contributed by atoms with E-state index in [0.717, 1.165) is 22.2 Å². The smallest absolute Gasteiger partial charge is 0.250 e. The maximum absolute atomic E-state index is 14.0. The fourth-order valence-corrected chi connectivity index (χ4v) is 8.54. The molecule has 4 atom stereocenters. The number of nitrogens with zero attached hydrogens (tertiary/aromatic N) is 2. The molecule has 5 N–H and O–H groups in total. The van der Waals surface area contributed by atoms with Crippen LogP contribution < -0.4 is 21.3 Å². The predicted octanol–water partition coefficient (Wildman–Crippen LogP) is 7.50. The quantitative estimate of drug-likeness (QED) is 0.0730. The van der Waals surface area contributed by atoms with Crippen LogP contribution in [0.2, 0.25) is 0 Å². The summed E-state index contributed by atoms with van der Waals surface area (Å²) in [6.45, 7) is 8.63. The first kappa shape index (κ1) is 44.3. The van der Waals surface area contributed by atoms with Crippen molar-refractivity contribution in [3.05, 3.63) is 120 Å². The summed E-state index contributed by atoms with van der Waals surface area (Å²) in [5.74, 6) is -1.36. The lowest BCUT2D eigenvalue weighted by atomic mass is 10.0. The normalized spacial score (nSPS) is 17.1. The van der Waals surface area contributed by atoms with Crippen LogP contribution in [0.15, 0.2) is 109 Å². The summed E-state index contributed by atoms with van der Waals surface area (Å²) in [5, 5.41) is 12.7. The number of amides is 6. The maximum Gasteiger partial charge on any atom is 0.250 e. The summed E-state index contributed by atoms with van der Waals surface area (Å²) >= 11 is 0. The highest BCUT2D eigenvalue weighted by molar-refractivity contribution is 6.01. The molecule has 0 spiro atoms. The van der Waals surface area contributed by atoms with Crippen molar-refractivity contribution in [1.82, 2.24) is 25.4 Å². The molecule has 13 nitrogen and oxygen atoms in total. The van der Waals surface area contributed by atoms with Gasteiger partial charge in [-0.2, -0.15) is 0 Å². The van der Waals surface area contributed by atoms with Gasteiger partial charge >= 0.3 is 0 Å². The van der Waals surface area contributed by atoms with Crippen molar-refractivity contribution in [3.63, 3.8) is 0 Å². The second-order valence-corrected chi connectivity index (χ2v) is 17.4. The Morgan fingerprint density at radius 3 is 1.52 bits per heavy atom. The van der Waals surface area contributed by atoms with Gasteiger partial charge in [0.25, 0.3) is 0 Å². The zero-order valence-corrected chi connectivity index (χ0v) is 36.4. The Morgan fingerprint density at radius 2 is 1.05 bits per heavy atom. The highest BCUT2D eigenvalue weighted by Crippen LogP contribution is 2.30. The van der Waals surface area contributed by atoms with Gasteiger partial charge in [-0.3, -0.25) is 28.8 Å². The average Bonchev–Trinajstić information content (AvgIpc) is 4.05. The molecular weight excluding hydrogens is 795 g/mol. The molecule has 4 aromatic carbocycles. The number of anilines is 2. The second-order valence-electron chi connectivity index (χ2n) is 17.4. The Labute approximate surface area is 368 Å². The molecule has 2 aliphatic heterocycles. The molecule has 13 heteroatoms. The molecule has 2 aliphatic rings. The van der Waals surface area contributed by atoms with Crippen LogP contribution in [0.25, 0.3) is 22.2 Å². The van der Waals surface area contributed by atoms with Crippen molar-refractivity contribution in [2.75, 3.05) is 23.7 Å². The van der Waals surface area contributed by atoms with Gasteiger partial charge in [0.15, 0.2) is 0 Å². The molecule has 2 saturated heterocycles. The van der Waals surface area contributed by atoms with Gasteiger partial charge in [0.05, 0.1) is 0 Å². The first-order chi connectivity index (χ1) is 30.3. The summed E-state index contributed by atoms with van der Waals surface area (Å²) in [5.41, 5.74) is 5.09. The monoisotopic (exact) mass is 851 g/mol. The highest BCUT2D eigenvalue weighted by atomic mass is 16.2. The van der Waals surface area contributed by atoms with Crippen molar-refractivity contribution in [1.29, 1.82) is 0 Å². The number of nitrogens with one attached hydrogen (secondary N) is 5. The van der Waals surface area contributed by atoms with Crippen LogP contribution in [0.4, 0.5) is 11.4 Å². The largest absolute Gasteiger partial charge is 0.355 e. The van der Waals surface area contributed by atoms with Crippen molar-refractivity contribution < 1.29 is 28.8 Å². The lowest BCUT2D eigenvalue weighted by Gasteiger charge is -2.29. The lowest BCUT2D eigenvalue weighted by molar-refractivity contribution is -0.140. The summed E-state index contributed by atoms with van der Waals surface area (Å²) in [7, 11) is 0. The zero-order chi connectivity index (χ0) is 44.6. The van der Waals surface area contributed by atoms with E-state index in [0.29, 0.717) is 61.3 Å². The van der Waals surface area contributed by atoms with Gasteiger partial charge in [0.2, 0.25) is 35.4 Å². The number of carbonyl (C=O) groups is 6. The predicted molar refractivity (Wildman–Crippen MR) is 244 cm³/mol. The molecule has 1 aromatic heterocycles. The number of H-pyrrole nitrogens is 1. The third kappa shape index (κ3) is 10.8. The number of fused-ring (bicyclic) bond motifs is 1. The summed E-state index contributed by atoms with van der Waals surface area (Å²) in [6.07, 6.45) is 2.94. The van der Waals surface area contributed by atoms with Crippen LogP contribution in [-0.4, -0.2) is 75.4 Å². The van der Waals surface area contributed by atoms with E-state index in [2.05, 4.69) is 26.3 Å². The van der Waals surface area contributed by atoms with Crippen LogP contribution in [0.5, 0.6) is 0 Å². The molecule has 0 radical (unpaired) electrons. The maximum atomic E-state index is 14.0. The van der Waals surface area contributed by atoms with Crippen LogP contribution in [-0.2, 0) is 28.8 Å². The fraction of sp³-hybridized carbons (Fsp3) is 0.360. The number of hydrogen-bond donors (Lipinski definition) is 5. The first-order valence-corrected chi connectivity index (χ1v) is 22.0. The number of benzene rings is 4. The van der Waals surface area contributed by atoms with Crippen molar-refractivity contribution in [2.45, 2.75) is 90.4 Å². The van der Waals surface area contributed by atoms with E-state index >= 15 is 0 Å². The van der Waals surface area contributed by atoms with E-state index in [1.165, 1.54) is 0 Å². The Balaban J connectivity index is 0.987. The molecule has 328 valence electrons. The lowest BCUT2D eigenvalue weighted by Crippen LogP contribution is -2.48. The van der Waals surface area contributed by atoms with Gasteiger partial charge in [0, 0.05) is 53.9 Å². The van der Waals surface area contributed by atoms with E-state index in [1.807, 2.05) is 137 Å². The van der Waals surface area contributed by atoms with E-state index in [9.17, 15) is 28.8 Å². The zero-order valence-electron chi connectivity index (χ0n) is 36.4. The van der Waals surface area contributed by atoms with E-state index in [-0.39, 0.29) is 60.1 Å². The van der Waals surface area contributed by atoms with Crippen molar-refractivity contribution >= 4 is 57.7 Å². The summed E-state index contributed by atoms with van der Waals surface area (Å²) in [6, 6.07) is 30.1. The minimum absolute atomic E-state index is 0.127. The molecule has 0 bridgehead atoms. The minimum atomic E-state index is -0.895. The molecule has 2 fully saturated rings. The van der Waals surface area contributed by atoms with Crippen LogP contribution in [0.1, 0.15) is 89.4 Å². The first-order valence-electron chi connectivity index (χ1n) is 22.0. The molecule has 6 amide bonds. The number of carbonyl (C=O) groups excluding carboxylic acids is 6. The Kier molecular flexibility index (Phi) is 14.0. The van der Waals surface area contributed by atoms with Crippen LogP contribution in [0, 0.1) is 11.8 Å². The van der Waals surface area contributed by atoms with E-state index in [4.69, 9.17) is 0 Å². The Hall–Kier alpha value is -6.76. The molecule has 3 heterocycles. The van der Waals surface area contributed by atoms with E-state index < -0.39 is 24.2 Å². The average molecular weight is 852 g/mol. The Bertz CT molecular complexity index is 2430. The van der Waals surface area contributed by atoms with Crippen molar-refractivity contribution in [3.8, 4) is 11.3 Å². The standard InChI is InChI=1S/C50H57N7O6/c1-31(2)27-43(58)54-45(34-13-7-5-8-14-34)49(62)56-25-11-17-41(56)47(60)51-37-21-19-33(20-22-37)40-30-36-29-38(23-24-39(36)53-40)52-48(61)42-18-12-26-57(42)50(63)46(35-15-9-6-10-16-35)55-44(59)28-32(3)4/h5-10,13-16,19-24,29-32,41-42,45-46,53H,11-12,17-18,25-28H2,1-4H3,(H,51,60)(H,52,61)(H,54,58)(H,55,59)/t41-,42?,45+,46-/m0/s1. The van der Waals surface area contributed by atoms with Crippen molar-refractivity contribution in [2.24, 2.45) is 11.8 Å². The van der Waals surface area contributed by atoms with E-state index in [1.54, 1.807) is 9.80 Å². The Morgan fingerprint density at radius 1 is 0.587 bits per heavy atom. The van der Waals surface area contributed by atoms with Gasteiger partial charge in [-0.1, -0.05) is 100 Å². The number of rotatable bonds is 15. The number of hydrogen-bond acceptors (Lipinski definition) is 6. The molecular formula is C50H57N7O6. The molecule has 1 unspecified atom stereocenters. The number of likely N-dealkylation sites (tertiary alicyclic amines) is 2. The molecule has 63 heavy (non-hydrogen) atoms. The second kappa shape index (κ2) is 20.0. The highest BCUT2D eigenvalue weighted by Gasteiger charge is 2.40. The molecule has 7 rings (SSSR count). The van der Waals surface area contributed by atoms with Gasteiger partial charge in [-0.15, -0.1) is 0 Å². The van der Waals surface area contributed by atoms with Gasteiger partial charge in [-0.05, 0) is 90.6 Å². The third-order valence-electron chi connectivity index (χ3n) is 11.6. The van der Waals surface area contributed by atoms with Gasteiger partial charge in [-0.25, -0.2) is 0 Å². The molecule has 0 aliphatic carbocycles. The van der Waals surface area contributed by atoms with Gasteiger partial charge < -0.3 is 36.1 Å². The summed E-state index contributed by atoms with van der Waals surface area (Å²) in [4.78, 5) is 87.7. The number of aromatic nitrogens is 1. The molecule has 0 saturated carbocycles. The third-order valence-corrected chi connectivity index (χ3v) is 11.6. The minimum Gasteiger partial charge on any atom is -0.355 e. The topological polar surface area (TPSA) is 173 Å². The van der Waals surface area contributed by atoms with Crippen LogP contribution in [0.3, 0.4) is 0 Å². The number of aromatic amines is 1. The molecule has 5 aromatic rings. The fourth-order valence-electron chi connectivity index (χ4n) is 8.54. The van der Waals surface area contributed by atoms with Crippen LogP contribution >= 0.6 is 0 Å². The summed E-state index contributed by atoms with van der Waals surface area (Å²) < 4.78 is 0. The van der Waals surface area contributed by atoms with Gasteiger partial charge in [0.1, 0.15) is 24.2 Å².